The molecule has 0 aliphatic carbocycles. The lowest BCUT2D eigenvalue weighted by Gasteiger charge is -2.34. The molecule has 0 bridgehead atoms. The van der Waals surface area contributed by atoms with Crippen LogP contribution in [0.4, 0.5) is 0 Å². The van der Waals surface area contributed by atoms with Crippen molar-refractivity contribution in [3.05, 3.63) is 71.3 Å². The number of nitrogens with zero attached hydrogens (tertiary/aromatic N) is 1. The highest BCUT2D eigenvalue weighted by atomic mass is 16.2. The van der Waals surface area contributed by atoms with Crippen LogP contribution in [0.2, 0.25) is 0 Å². The van der Waals surface area contributed by atoms with Gasteiger partial charge in [-0.15, -0.1) is 6.42 Å². The highest BCUT2D eigenvalue weighted by molar-refractivity contribution is 5.94. The van der Waals surface area contributed by atoms with E-state index >= 15 is 0 Å². The van der Waals surface area contributed by atoms with Crippen LogP contribution < -0.4 is 0 Å². The van der Waals surface area contributed by atoms with E-state index in [0.29, 0.717) is 12.1 Å². The predicted molar refractivity (Wildman–Crippen MR) is 79.2 cm³/mol. The number of hydrogen-bond acceptors (Lipinski definition) is 1. The molecule has 2 aromatic rings. The van der Waals surface area contributed by atoms with Crippen LogP contribution in [-0.4, -0.2) is 17.4 Å². The van der Waals surface area contributed by atoms with Gasteiger partial charge in [0.1, 0.15) is 6.04 Å². The highest BCUT2D eigenvalue weighted by Crippen LogP contribution is 2.30. The maximum atomic E-state index is 12.6. The molecule has 0 saturated carbocycles. The van der Waals surface area contributed by atoms with Crippen LogP contribution in [0.15, 0.2) is 54.6 Å². The topological polar surface area (TPSA) is 20.3 Å². The van der Waals surface area contributed by atoms with Gasteiger partial charge < -0.3 is 4.90 Å². The lowest BCUT2D eigenvalue weighted by atomic mass is 9.92. The molecule has 0 radical (unpaired) electrons. The molecule has 3 rings (SSSR count). The van der Waals surface area contributed by atoms with Gasteiger partial charge in [-0.25, -0.2) is 0 Å². The molecule has 0 aromatic heterocycles. The van der Waals surface area contributed by atoms with Crippen LogP contribution in [0.3, 0.4) is 0 Å². The molecule has 2 nitrogen and oxygen atoms in total. The summed E-state index contributed by atoms with van der Waals surface area (Å²) in [5.41, 5.74) is 3.00. The minimum absolute atomic E-state index is 0.00283. The summed E-state index contributed by atoms with van der Waals surface area (Å²) in [5.74, 6) is 2.77. The minimum atomic E-state index is -0.271. The number of rotatable bonds is 1. The van der Waals surface area contributed by atoms with Gasteiger partial charge in [-0.1, -0.05) is 48.4 Å². The Morgan fingerprint density at radius 1 is 1.10 bits per heavy atom. The number of carbonyl (C=O) groups is 1. The fourth-order valence-corrected chi connectivity index (χ4v) is 2.71. The van der Waals surface area contributed by atoms with Crippen molar-refractivity contribution >= 4 is 5.91 Å². The molecule has 0 N–H and O–H groups in total. The van der Waals surface area contributed by atoms with Crippen molar-refractivity contribution in [1.82, 2.24) is 4.90 Å². The zero-order valence-electron chi connectivity index (χ0n) is 11.1. The lowest BCUT2D eigenvalue weighted by Crippen LogP contribution is -2.39. The normalized spacial score (nSPS) is 17.1. The summed E-state index contributed by atoms with van der Waals surface area (Å²) in [5, 5.41) is 0. The van der Waals surface area contributed by atoms with Gasteiger partial charge in [-0.2, -0.15) is 0 Å². The molecule has 0 saturated heterocycles. The molecule has 2 heteroatoms. The quantitative estimate of drug-likeness (QED) is 0.722. The summed E-state index contributed by atoms with van der Waals surface area (Å²) in [6.45, 7) is 0.666. The Balaban J connectivity index is 1.96. The number of benzene rings is 2. The van der Waals surface area contributed by atoms with Gasteiger partial charge in [-0.05, 0) is 29.7 Å². The van der Waals surface area contributed by atoms with Crippen molar-refractivity contribution in [2.45, 2.75) is 12.5 Å². The zero-order chi connectivity index (χ0) is 13.9. The van der Waals surface area contributed by atoms with Gasteiger partial charge in [0.05, 0.1) is 0 Å². The monoisotopic (exact) mass is 261 g/mol. The van der Waals surface area contributed by atoms with E-state index in [1.165, 1.54) is 5.56 Å². The smallest absolute Gasteiger partial charge is 0.255 e. The molecule has 1 aliphatic rings. The third-order valence-electron chi connectivity index (χ3n) is 3.72. The minimum Gasteiger partial charge on any atom is -0.320 e. The van der Waals surface area contributed by atoms with Crippen molar-refractivity contribution in [1.29, 1.82) is 0 Å². The fraction of sp³-hybridized carbons (Fsp3) is 0.167. The van der Waals surface area contributed by atoms with Crippen LogP contribution in [0.25, 0.3) is 0 Å². The van der Waals surface area contributed by atoms with E-state index in [2.05, 4.69) is 12.0 Å². The van der Waals surface area contributed by atoms with Crippen LogP contribution in [-0.2, 0) is 6.42 Å². The standard InChI is InChI=1S/C18H15NO/c1-2-17-16-11-7-6-8-14(16)12-13-19(17)18(20)15-9-4-3-5-10-15/h1,3-11,17H,12-13H2. The molecule has 1 amide bonds. The van der Waals surface area contributed by atoms with Crippen molar-refractivity contribution < 1.29 is 4.79 Å². The number of terminal acetylenes is 1. The zero-order valence-corrected chi connectivity index (χ0v) is 11.1. The van der Waals surface area contributed by atoms with Crippen molar-refractivity contribution in [2.24, 2.45) is 0 Å². The first-order chi connectivity index (χ1) is 9.81. The van der Waals surface area contributed by atoms with E-state index in [1.54, 1.807) is 4.90 Å². The van der Waals surface area contributed by atoms with Crippen LogP contribution in [0, 0.1) is 12.3 Å². The fourth-order valence-electron chi connectivity index (χ4n) is 2.71. The Morgan fingerprint density at radius 3 is 2.55 bits per heavy atom. The Hall–Kier alpha value is -2.53. The summed E-state index contributed by atoms with van der Waals surface area (Å²) < 4.78 is 0. The molecule has 1 heterocycles. The molecule has 1 unspecified atom stereocenters. The second-order valence-electron chi connectivity index (χ2n) is 4.88. The van der Waals surface area contributed by atoms with E-state index in [-0.39, 0.29) is 11.9 Å². The maximum Gasteiger partial charge on any atom is 0.255 e. The van der Waals surface area contributed by atoms with E-state index in [1.807, 2.05) is 48.5 Å². The van der Waals surface area contributed by atoms with Crippen molar-refractivity contribution in [2.75, 3.05) is 6.54 Å². The average Bonchev–Trinajstić information content (AvgIpc) is 2.54. The van der Waals surface area contributed by atoms with Gasteiger partial charge in [0.2, 0.25) is 0 Å². The summed E-state index contributed by atoms with van der Waals surface area (Å²) >= 11 is 0. The summed E-state index contributed by atoms with van der Waals surface area (Å²) in [6, 6.07) is 17.1. The maximum absolute atomic E-state index is 12.6. The molecule has 1 aliphatic heterocycles. The average molecular weight is 261 g/mol. The Bertz CT molecular complexity index is 669. The van der Waals surface area contributed by atoms with E-state index < -0.39 is 0 Å². The first kappa shape index (κ1) is 12.5. The lowest BCUT2D eigenvalue weighted by molar-refractivity contribution is 0.0707. The Kier molecular flexibility index (Phi) is 3.26. The Morgan fingerprint density at radius 2 is 1.80 bits per heavy atom. The van der Waals surface area contributed by atoms with Crippen molar-refractivity contribution in [3.63, 3.8) is 0 Å². The largest absolute Gasteiger partial charge is 0.320 e. The van der Waals surface area contributed by atoms with Crippen LogP contribution in [0.1, 0.15) is 27.5 Å². The molecular formula is C18H15NO. The number of fused-ring (bicyclic) bond motifs is 1. The molecule has 0 fully saturated rings. The summed E-state index contributed by atoms with van der Waals surface area (Å²) in [4.78, 5) is 14.4. The number of carbonyl (C=O) groups excluding carboxylic acids is 1. The molecule has 20 heavy (non-hydrogen) atoms. The molecular weight excluding hydrogens is 246 g/mol. The first-order valence-electron chi connectivity index (χ1n) is 6.71. The Labute approximate surface area is 119 Å². The highest BCUT2D eigenvalue weighted by Gasteiger charge is 2.29. The third-order valence-corrected chi connectivity index (χ3v) is 3.72. The van der Waals surface area contributed by atoms with Gasteiger partial charge in [0.15, 0.2) is 0 Å². The van der Waals surface area contributed by atoms with E-state index in [0.717, 1.165) is 12.0 Å². The molecule has 2 aromatic carbocycles. The second kappa shape index (κ2) is 5.22. The third kappa shape index (κ3) is 2.08. The predicted octanol–water partition coefficient (Wildman–Crippen LogP) is 3.06. The second-order valence-corrected chi connectivity index (χ2v) is 4.88. The van der Waals surface area contributed by atoms with E-state index in [9.17, 15) is 4.79 Å². The van der Waals surface area contributed by atoms with Crippen molar-refractivity contribution in [3.8, 4) is 12.3 Å². The molecule has 98 valence electrons. The number of hydrogen-bond donors (Lipinski definition) is 0. The van der Waals surface area contributed by atoms with Gasteiger partial charge >= 0.3 is 0 Å². The van der Waals surface area contributed by atoms with E-state index in [4.69, 9.17) is 6.42 Å². The van der Waals surface area contributed by atoms with Gasteiger partial charge in [0.25, 0.3) is 5.91 Å². The molecule has 1 atom stereocenters. The number of amides is 1. The SMILES string of the molecule is C#CC1c2ccccc2CCN1C(=O)c1ccccc1. The van der Waals surface area contributed by atoms with Gasteiger partial charge in [0, 0.05) is 12.1 Å². The van der Waals surface area contributed by atoms with Gasteiger partial charge in [-0.3, -0.25) is 4.79 Å². The molecule has 0 spiro atoms. The first-order valence-corrected chi connectivity index (χ1v) is 6.71. The van der Waals surface area contributed by atoms with Crippen LogP contribution in [0.5, 0.6) is 0 Å². The summed E-state index contributed by atoms with van der Waals surface area (Å²) in [7, 11) is 0. The van der Waals surface area contributed by atoms with Crippen LogP contribution >= 0.6 is 0 Å². The summed E-state index contributed by atoms with van der Waals surface area (Å²) in [6.07, 6.45) is 6.53.